The Morgan fingerprint density at radius 1 is 1.16 bits per heavy atom. The van der Waals surface area contributed by atoms with Crippen molar-refractivity contribution in [2.24, 2.45) is 0 Å². The number of hydrogen-bond donors (Lipinski definition) is 3. The van der Waals surface area contributed by atoms with Gasteiger partial charge in [0.15, 0.2) is 5.82 Å². The van der Waals surface area contributed by atoms with Gasteiger partial charge in [-0.15, -0.1) is 0 Å². The minimum absolute atomic E-state index is 0.169. The molecule has 11 nitrogen and oxygen atoms in total. The van der Waals surface area contributed by atoms with Crippen molar-refractivity contribution in [1.82, 2.24) is 24.5 Å². The number of ether oxygens (including phenoxy) is 1. The van der Waals surface area contributed by atoms with Crippen molar-refractivity contribution < 1.29 is 17.9 Å². The maximum Gasteiger partial charge on any atom is 0.252 e. The van der Waals surface area contributed by atoms with E-state index in [1.54, 1.807) is 19.2 Å². The van der Waals surface area contributed by atoms with Crippen LogP contribution in [0.3, 0.4) is 0 Å². The van der Waals surface area contributed by atoms with Crippen LogP contribution in [0.4, 0.5) is 17.5 Å². The number of carbonyl (C=O) groups is 1. The van der Waals surface area contributed by atoms with Gasteiger partial charge < -0.3 is 25.6 Å². The van der Waals surface area contributed by atoms with E-state index in [0.717, 1.165) is 25.7 Å². The number of aromatic nitrogens is 2. The summed E-state index contributed by atoms with van der Waals surface area (Å²) < 4.78 is 31.2. The highest BCUT2D eigenvalue weighted by Gasteiger charge is 2.33. The summed E-state index contributed by atoms with van der Waals surface area (Å²) >= 11 is 12.8. The van der Waals surface area contributed by atoms with Crippen LogP contribution in [-0.4, -0.2) is 93.2 Å². The van der Waals surface area contributed by atoms with Crippen LogP contribution >= 0.6 is 23.2 Å². The number of likely N-dealkylation sites (N-methyl/N-ethyl adjacent to an activating group) is 2. The fourth-order valence-electron chi connectivity index (χ4n) is 4.27. The van der Waals surface area contributed by atoms with Crippen LogP contribution in [0.1, 0.15) is 36.0 Å². The topological polar surface area (TPSA) is 129 Å². The van der Waals surface area contributed by atoms with Gasteiger partial charge in [0.1, 0.15) is 10.8 Å². The molecule has 1 aliphatic rings. The zero-order valence-corrected chi connectivity index (χ0v) is 24.5. The molecule has 1 aliphatic carbocycles. The summed E-state index contributed by atoms with van der Waals surface area (Å²) in [6.45, 7) is 1.16. The van der Waals surface area contributed by atoms with Crippen LogP contribution < -0.4 is 20.7 Å². The van der Waals surface area contributed by atoms with Crippen LogP contribution in [0.15, 0.2) is 18.3 Å². The Hall–Kier alpha value is -2.38. The lowest BCUT2D eigenvalue weighted by Gasteiger charge is -2.37. The van der Waals surface area contributed by atoms with Gasteiger partial charge in [-0.1, -0.05) is 36.0 Å². The van der Waals surface area contributed by atoms with Crippen LogP contribution in [0.2, 0.25) is 10.0 Å². The summed E-state index contributed by atoms with van der Waals surface area (Å²) in [5, 5.41) is 9.77. The molecule has 1 aromatic heterocycles. The number of nitrogens with one attached hydrogen (secondary N) is 3. The standard InChI is InChI=1S/C24H35Cl2N7O4S/c1-32(2)11-10-27-23(34)15-12-21(37-4)19(13-16(15)25)30-24-28-14-17(26)22(31-24)29-18-8-6-7-9-20(18)33(3)38(5,35)36/h12-14,18,20H,6-11H2,1-5H3,(H,27,34)(H2,28,29,30,31). The average molecular weight is 589 g/mol. The predicted molar refractivity (Wildman–Crippen MR) is 151 cm³/mol. The van der Waals surface area contributed by atoms with Crippen molar-refractivity contribution in [2.75, 3.05) is 58.2 Å². The Labute approximate surface area is 234 Å². The summed E-state index contributed by atoms with van der Waals surface area (Å²) in [6.07, 6.45) is 6.07. The minimum atomic E-state index is -3.36. The molecule has 0 bridgehead atoms. The Balaban J connectivity index is 1.81. The van der Waals surface area contributed by atoms with E-state index >= 15 is 0 Å². The first-order chi connectivity index (χ1) is 17.9. The fraction of sp³-hybridized carbons (Fsp3) is 0.542. The van der Waals surface area contributed by atoms with E-state index in [0.29, 0.717) is 35.4 Å². The second kappa shape index (κ2) is 13.1. The fourth-order valence-corrected chi connectivity index (χ4v) is 5.41. The number of carbonyl (C=O) groups excluding carboxylic acids is 1. The Morgan fingerprint density at radius 3 is 2.53 bits per heavy atom. The first-order valence-corrected chi connectivity index (χ1v) is 14.8. The van der Waals surface area contributed by atoms with Crippen molar-refractivity contribution in [1.29, 1.82) is 0 Å². The second-order valence-corrected chi connectivity index (χ2v) is 12.3. The van der Waals surface area contributed by atoms with E-state index in [2.05, 4.69) is 25.9 Å². The number of sulfonamides is 1. The number of amides is 1. The predicted octanol–water partition coefficient (Wildman–Crippen LogP) is 3.44. The number of halogens is 2. The molecule has 0 aliphatic heterocycles. The zero-order chi connectivity index (χ0) is 28.0. The highest BCUT2D eigenvalue weighted by atomic mass is 35.5. The van der Waals surface area contributed by atoms with Gasteiger partial charge in [0.2, 0.25) is 16.0 Å². The average Bonchev–Trinajstić information content (AvgIpc) is 2.85. The highest BCUT2D eigenvalue weighted by molar-refractivity contribution is 7.88. The quantitative estimate of drug-likeness (QED) is 0.362. The van der Waals surface area contributed by atoms with E-state index in [4.69, 9.17) is 27.9 Å². The van der Waals surface area contributed by atoms with Gasteiger partial charge in [-0.2, -0.15) is 4.98 Å². The molecule has 3 N–H and O–H groups in total. The summed E-state index contributed by atoms with van der Waals surface area (Å²) in [7, 11) is 3.56. The maximum absolute atomic E-state index is 12.6. The molecule has 1 fully saturated rings. The zero-order valence-electron chi connectivity index (χ0n) is 22.2. The molecule has 0 radical (unpaired) electrons. The van der Waals surface area contributed by atoms with Crippen molar-refractivity contribution in [2.45, 2.75) is 37.8 Å². The summed E-state index contributed by atoms with van der Waals surface area (Å²) in [6, 6.07) is 2.73. The van der Waals surface area contributed by atoms with E-state index in [9.17, 15) is 13.2 Å². The molecule has 1 heterocycles. The van der Waals surface area contributed by atoms with Crippen LogP contribution in [-0.2, 0) is 10.0 Å². The van der Waals surface area contributed by atoms with Crippen molar-refractivity contribution in [3.63, 3.8) is 0 Å². The third-order valence-electron chi connectivity index (χ3n) is 6.41. The molecule has 0 saturated heterocycles. The first-order valence-electron chi connectivity index (χ1n) is 12.2. The summed E-state index contributed by atoms with van der Waals surface area (Å²) in [5.41, 5.74) is 0.744. The molecule has 2 unspecified atom stereocenters. The molecule has 2 aromatic rings. The summed E-state index contributed by atoms with van der Waals surface area (Å²) in [4.78, 5) is 23.4. The Kier molecular flexibility index (Phi) is 10.4. The number of anilines is 3. The molecule has 3 rings (SSSR count). The second-order valence-electron chi connectivity index (χ2n) is 9.49. The van der Waals surface area contributed by atoms with Gasteiger partial charge in [0, 0.05) is 32.2 Å². The monoisotopic (exact) mass is 587 g/mol. The number of nitrogens with zero attached hydrogens (tertiary/aromatic N) is 4. The Bertz CT molecular complexity index is 1250. The van der Waals surface area contributed by atoms with Crippen LogP contribution in [0.25, 0.3) is 0 Å². The molecule has 1 amide bonds. The van der Waals surface area contributed by atoms with E-state index in [-0.39, 0.29) is 34.5 Å². The van der Waals surface area contributed by atoms with E-state index in [1.165, 1.54) is 23.9 Å². The molecule has 210 valence electrons. The number of hydrogen-bond acceptors (Lipinski definition) is 9. The van der Waals surface area contributed by atoms with Crippen molar-refractivity contribution in [3.05, 3.63) is 33.9 Å². The number of benzene rings is 1. The van der Waals surface area contributed by atoms with Crippen molar-refractivity contribution >= 4 is 56.6 Å². The molecule has 2 atom stereocenters. The van der Waals surface area contributed by atoms with Gasteiger partial charge in [0.05, 0.1) is 35.8 Å². The third-order valence-corrected chi connectivity index (χ3v) is 8.32. The molecule has 14 heteroatoms. The molecular weight excluding hydrogens is 553 g/mol. The van der Waals surface area contributed by atoms with Crippen LogP contribution in [0, 0.1) is 0 Å². The lowest BCUT2D eigenvalue weighted by atomic mass is 9.90. The van der Waals surface area contributed by atoms with E-state index < -0.39 is 10.0 Å². The smallest absolute Gasteiger partial charge is 0.252 e. The number of rotatable bonds is 11. The maximum atomic E-state index is 12.6. The van der Waals surface area contributed by atoms with Gasteiger partial charge in [-0.05, 0) is 39.1 Å². The number of methoxy groups -OCH3 is 1. The van der Waals surface area contributed by atoms with E-state index in [1.807, 2.05) is 19.0 Å². The molecular formula is C24H35Cl2N7O4S. The van der Waals surface area contributed by atoms with Gasteiger partial charge >= 0.3 is 0 Å². The summed E-state index contributed by atoms with van der Waals surface area (Å²) in [5.74, 6) is 0.669. The van der Waals surface area contributed by atoms with Gasteiger partial charge in [-0.3, -0.25) is 4.79 Å². The normalized spacial score (nSPS) is 17.9. The van der Waals surface area contributed by atoms with Crippen LogP contribution in [0.5, 0.6) is 5.75 Å². The highest BCUT2D eigenvalue weighted by Crippen LogP contribution is 2.34. The Morgan fingerprint density at radius 2 is 1.87 bits per heavy atom. The lowest BCUT2D eigenvalue weighted by Crippen LogP contribution is -2.49. The molecule has 38 heavy (non-hydrogen) atoms. The minimum Gasteiger partial charge on any atom is -0.495 e. The van der Waals surface area contributed by atoms with Gasteiger partial charge in [-0.25, -0.2) is 17.7 Å². The molecule has 1 aromatic carbocycles. The van der Waals surface area contributed by atoms with Crippen molar-refractivity contribution in [3.8, 4) is 5.75 Å². The van der Waals surface area contributed by atoms with Gasteiger partial charge in [0.25, 0.3) is 5.91 Å². The largest absolute Gasteiger partial charge is 0.495 e. The first kappa shape index (κ1) is 30.2. The molecule has 0 spiro atoms. The third kappa shape index (κ3) is 7.82. The molecule has 1 saturated carbocycles. The SMILES string of the molecule is COc1cc(C(=O)NCCN(C)C)c(Cl)cc1Nc1ncc(Cl)c(NC2CCCCC2N(C)S(C)(=O)=O)n1. The lowest BCUT2D eigenvalue weighted by molar-refractivity contribution is 0.0951.